The van der Waals surface area contributed by atoms with E-state index in [1.165, 1.54) is 0 Å². The van der Waals surface area contributed by atoms with E-state index in [0.717, 1.165) is 16.9 Å². The Morgan fingerprint density at radius 1 is 1.46 bits per heavy atom. The first-order valence-electron chi connectivity index (χ1n) is 4.37. The highest BCUT2D eigenvalue weighted by Crippen LogP contribution is 2.11. The summed E-state index contributed by atoms with van der Waals surface area (Å²) in [5, 5.41) is 9.17. The Morgan fingerprint density at radius 2 is 2.23 bits per heavy atom. The molecular formula is C10H12N2O. The maximum Gasteiger partial charge on any atom is 0.109 e. The molecule has 0 saturated heterocycles. The SMILES string of the molecule is CC(O)Cc1nc2ccccc2[nH]1. The van der Waals surface area contributed by atoms with E-state index in [1.807, 2.05) is 24.3 Å². The fourth-order valence-corrected chi connectivity index (χ4v) is 1.38. The number of nitrogens with zero attached hydrogens (tertiary/aromatic N) is 1. The number of rotatable bonds is 2. The molecule has 0 bridgehead atoms. The number of H-pyrrole nitrogens is 1. The van der Waals surface area contributed by atoms with Crippen LogP contribution in [0.15, 0.2) is 24.3 Å². The molecule has 0 amide bonds. The Labute approximate surface area is 76.4 Å². The van der Waals surface area contributed by atoms with Gasteiger partial charge in [0, 0.05) is 6.42 Å². The number of imidazole rings is 1. The number of aromatic nitrogens is 2. The van der Waals surface area contributed by atoms with E-state index in [2.05, 4.69) is 9.97 Å². The molecule has 0 spiro atoms. The summed E-state index contributed by atoms with van der Waals surface area (Å²) >= 11 is 0. The van der Waals surface area contributed by atoms with Crippen molar-refractivity contribution in [1.82, 2.24) is 9.97 Å². The molecule has 68 valence electrons. The van der Waals surface area contributed by atoms with E-state index in [4.69, 9.17) is 0 Å². The fourth-order valence-electron chi connectivity index (χ4n) is 1.38. The molecule has 13 heavy (non-hydrogen) atoms. The van der Waals surface area contributed by atoms with Gasteiger partial charge in [-0.1, -0.05) is 12.1 Å². The van der Waals surface area contributed by atoms with Crippen molar-refractivity contribution < 1.29 is 5.11 Å². The lowest BCUT2D eigenvalue weighted by Crippen LogP contribution is -2.05. The summed E-state index contributed by atoms with van der Waals surface area (Å²) < 4.78 is 0. The minimum atomic E-state index is -0.347. The predicted octanol–water partition coefficient (Wildman–Crippen LogP) is 1.49. The van der Waals surface area contributed by atoms with Crippen molar-refractivity contribution in [1.29, 1.82) is 0 Å². The van der Waals surface area contributed by atoms with Crippen molar-refractivity contribution in [3.05, 3.63) is 30.1 Å². The Morgan fingerprint density at radius 3 is 2.92 bits per heavy atom. The highest BCUT2D eigenvalue weighted by atomic mass is 16.3. The molecule has 0 aliphatic rings. The van der Waals surface area contributed by atoms with E-state index in [1.54, 1.807) is 6.92 Å². The van der Waals surface area contributed by atoms with Crippen molar-refractivity contribution in [2.45, 2.75) is 19.4 Å². The summed E-state index contributed by atoms with van der Waals surface area (Å²) in [5.41, 5.74) is 1.98. The van der Waals surface area contributed by atoms with Gasteiger partial charge < -0.3 is 10.1 Å². The molecule has 1 aromatic carbocycles. The molecule has 0 aliphatic heterocycles. The van der Waals surface area contributed by atoms with Crippen LogP contribution < -0.4 is 0 Å². The smallest absolute Gasteiger partial charge is 0.109 e. The second-order valence-electron chi connectivity index (χ2n) is 3.25. The van der Waals surface area contributed by atoms with Crippen LogP contribution in [0.5, 0.6) is 0 Å². The first-order valence-corrected chi connectivity index (χ1v) is 4.37. The normalized spacial score (nSPS) is 13.4. The van der Waals surface area contributed by atoms with E-state index >= 15 is 0 Å². The fraction of sp³-hybridized carbons (Fsp3) is 0.300. The van der Waals surface area contributed by atoms with Gasteiger partial charge in [-0.15, -0.1) is 0 Å². The summed E-state index contributed by atoms with van der Waals surface area (Å²) in [6.45, 7) is 1.76. The maximum atomic E-state index is 9.17. The van der Waals surface area contributed by atoms with Crippen molar-refractivity contribution >= 4 is 11.0 Å². The van der Waals surface area contributed by atoms with E-state index in [9.17, 15) is 5.11 Å². The van der Waals surface area contributed by atoms with Gasteiger partial charge in [-0.3, -0.25) is 0 Å². The lowest BCUT2D eigenvalue weighted by Gasteiger charge is -1.97. The zero-order valence-electron chi connectivity index (χ0n) is 7.49. The van der Waals surface area contributed by atoms with Crippen molar-refractivity contribution in [2.24, 2.45) is 0 Å². The van der Waals surface area contributed by atoms with Crippen LogP contribution in [-0.2, 0) is 6.42 Å². The summed E-state index contributed by atoms with van der Waals surface area (Å²) in [7, 11) is 0. The third-order valence-electron chi connectivity index (χ3n) is 1.93. The van der Waals surface area contributed by atoms with Crippen molar-refractivity contribution in [3.8, 4) is 0 Å². The molecule has 0 saturated carbocycles. The highest BCUT2D eigenvalue weighted by Gasteiger charge is 2.04. The summed E-state index contributed by atoms with van der Waals surface area (Å²) in [6, 6.07) is 7.85. The number of aliphatic hydroxyl groups is 1. The number of hydrogen-bond donors (Lipinski definition) is 2. The third-order valence-corrected chi connectivity index (χ3v) is 1.93. The van der Waals surface area contributed by atoms with Crippen LogP contribution in [0.4, 0.5) is 0 Å². The summed E-state index contributed by atoms with van der Waals surface area (Å²) in [6.07, 6.45) is 0.231. The van der Waals surface area contributed by atoms with Gasteiger partial charge in [0.1, 0.15) is 5.82 Å². The van der Waals surface area contributed by atoms with Gasteiger partial charge in [-0.05, 0) is 19.1 Å². The number of aliphatic hydroxyl groups excluding tert-OH is 1. The van der Waals surface area contributed by atoms with Crippen LogP contribution in [0.3, 0.4) is 0 Å². The monoisotopic (exact) mass is 176 g/mol. The Kier molecular flexibility index (Phi) is 2.02. The zero-order chi connectivity index (χ0) is 9.26. The Hall–Kier alpha value is -1.35. The molecule has 0 aliphatic carbocycles. The number of aromatic amines is 1. The Balaban J connectivity index is 2.38. The lowest BCUT2D eigenvalue weighted by molar-refractivity contribution is 0.193. The molecule has 1 unspecified atom stereocenters. The second kappa shape index (κ2) is 3.18. The van der Waals surface area contributed by atoms with Gasteiger partial charge >= 0.3 is 0 Å². The van der Waals surface area contributed by atoms with Gasteiger partial charge in [0.15, 0.2) is 0 Å². The molecule has 2 aromatic rings. The highest BCUT2D eigenvalue weighted by molar-refractivity contribution is 5.74. The minimum absolute atomic E-state index is 0.347. The standard InChI is InChI=1S/C10H12N2O/c1-7(13)6-10-11-8-4-2-3-5-9(8)12-10/h2-5,7,13H,6H2,1H3,(H,11,12). The van der Waals surface area contributed by atoms with E-state index in [0.29, 0.717) is 6.42 Å². The summed E-state index contributed by atoms with van der Waals surface area (Å²) in [4.78, 5) is 7.49. The topological polar surface area (TPSA) is 48.9 Å². The molecule has 3 nitrogen and oxygen atoms in total. The maximum absolute atomic E-state index is 9.17. The molecule has 1 heterocycles. The number of para-hydroxylation sites is 2. The number of benzene rings is 1. The molecule has 0 radical (unpaired) electrons. The molecule has 0 fully saturated rings. The van der Waals surface area contributed by atoms with Gasteiger partial charge in [0.2, 0.25) is 0 Å². The van der Waals surface area contributed by atoms with Gasteiger partial charge in [0.25, 0.3) is 0 Å². The van der Waals surface area contributed by atoms with Crippen molar-refractivity contribution in [3.63, 3.8) is 0 Å². The van der Waals surface area contributed by atoms with Crippen LogP contribution in [0.1, 0.15) is 12.7 Å². The van der Waals surface area contributed by atoms with Crippen LogP contribution in [0, 0.1) is 0 Å². The first-order chi connectivity index (χ1) is 6.25. The molecule has 1 aromatic heterocycles. The van der Waals surface area contributed by atoms with Crippen molar-refractivity contribution in [2.75, 3.05) is 0 Å². The largest absolute Gasteiger partial charge is 0.393 e. The lowest BCUT2D eigenvalue weighted by atomic mass is 10.3. The average Bonchev–Trinajstić information content (AvgIpc) is 2.44. The third kappa shape index (κ3) is 1.70. The van der Waals surface area contributed by atoms with Crippen LogP contribution >= 0.6 is 0 Å². The first kappa shape index (κ1) is 8.26. The number of nitrogens with one attached hydrogen (secondary N) is 1. The van der Waals surface area contributed by atoms with Gasteiger partial charge in [0.05, 0.1) is 17.1 Å². The molecule has 2 rings (SSSR count). The van der Waals surface area contributed by atoms with E-state index < -0.39 is 0 Å². The van der Waals surface area contributed by atoms with E-state index in [-0.39, 0.29) is 6.10 Å². The summed E-state index contributed by atoms with van der Waals surface area (Å²) in [5.74, 6) is 0.844. The predicted molar refractivity (Wildman–Crippen MR) is 51.5 cm³/mol. The zero-order valence-corrected chi connectivity index (χ0v) is 7.49. The average molecular weight is 176 g/mol. The quantitative estimate of drug-likeness (QED) is 0.728. The molecule has 3 heteroatoms. The number of fused-ring (bicyclic) bond motifs is 1. The van der Waals surface area contributed by atoms with Crippen LogP contribution in [0.2, 0.25) is 0 Å². The van der Waals surface area contributed by atoms with Gasteiger partial charge in [-0.25, -0.2) is 4.98 Å². The van der Waals surface area contributed by atoms with Gasteiger partial charge in [-0.2, -0.15) is 0 Å². The molecular weight excluding hydrogens is 164 g/mol. The second-order valence-corrected chi connectivity index (χ2v) is 3.25. The number of hydrogen-bond acceptors (Lipinski definition) is 2. The minimum Gasteiger partial charge on any atom is -0.393 e. The molecule has 2 N–H and O–H groups in total. The van der Waals surface area contributed by atoms with Crippen LogP contribution in [-0.4, -0.2) is 21.2 Å². The Bertz CT molecular complexity index is 373. The van der Waals surface area contributed by atoms with Crippen LogP contribution in [0.25, 0.3) is 11.0 Å². The molecule has 1 atom stereocenters.